The molecule has 5 unspecified atom stereocenters. The van der Waals surface area contributed by atoms with Gasteiger partial charge in [-0.25, -0.2) is 0 Å². The molecule has 0 aromatic heterocycles. The molecule has 7 aliphatic rings. The van der Waals surface area contributed by atoms with E-state index in [9.17, 15) is 25.2 Å². The maximum absolute atomic E-state index is 11.9. The standard InChI is InChI=1S/C47H80O17/c1-23-18-24(2)45(9,51)61-36(23)31-19-32(58-35-20-30(53-10)40(55-12)28(6)57-35)42(59-31)44(8)15-14-33(60-44)43(7)16-17-46(64-43)21-29(48)25(3)37(62-46)26(4)38-41(56-13)39(54-11)27(5)47(52,63-38)22-34(49)50/h23-33,35-42,48,51-52H,14-22H2,1-13H3,(H,49,50)/t23-,24+,25+,26+,27-,28-,29-,30-,31?,32-,33?,35+,36-,37?,38?,39-,40-,41-,42?,43-,44-,45-,46+,47+/m0/s1. The summed E-state index contributed by atoms with van der Waals surface area (Å²) < 4.78 is 77.6. The average molecular weight is 917 g/mol. The summed E-state index contributed by atoms with van der Waals surface area (Å²) in [5.41, 5.74) is -1.60. The van der Waals surface area contributed by atoms with E-state index in [0.29, 0.717) is 38.5 Å². The summed E-state index contributed by atoms with van der Waals surface area (Å²) in [6, 6.07) is 0. The lowest BCUT2D eigenvalue weighted by atomic mass is 9.75. The summed E-state index contributed by atoms with van der Waals surface area (Å²) in [7, 11) is 6.37. The van der Waals surface area contributed by atoms with Gasteiger partial charge in [0.2, 0.25) is 0 Å². The first-order chi connectivity index (χ1) is 30.0. The number of rotatable bonds is 13. The second-order valence-electron chi connectivity index (χ2n) is 21.3. The Balaban J connectivity index is 1.09. The van der Waals surface area contributed by atoms with Crippen molar-refractivity contribution in [2.75, 3.05) is 28.4 Å². The molecule has 0 aromatic carbocycles. The first-order valence-electron chi connectivity index (χ1n) is 23.8. The van der Waals surface area contributed by atoms with Gasteiger partial charge in [-0.2, -0.15) is 0 Å². The van der Waals surface area contributed by atoms with Gasteiger partial charge in [-0.1, -0.05) is 34.6 Å². The largest absolute Gasteiger partial charge is 0.481 e. The Labute approximate surface area is 379 Å². The fourth-order valence-electron chi connectivity index (χ4n) is 12.7. The molecular weight excluding hydrogens is 837 g/mol. The number of ether oxygens (including phenoxy) is 12. The molecule has 0 aliphatic carbocycles. The Kier molecular flexibility index (Phi) is 15.1. The van der Waals surface area contributed by atoms with Gasteiger partial charge >= 0.3 is 5.97 Å². The van der Waals surface area contributed by atoms with E-state index in [4.69, 9.17) is 56.8 Å². The third-order valence-corrected chi connectivity index (χ3v) is 16.8. The highest BCUT2D eigenvalue weighted by atomic mass is 16.7. The maximum Gasteiger partial charge on any atom is 0.308 e. The SMILES string of the molecule is CO[C@@H]1[C@@H](OC)C([C@H](C)C2O[C@@]3(CC[C@@](C)(C4CC[C@@](C)(C5OC([C@H]6O[C@](C)(O)[C@H](C)C[C@@H]6C)C[C@@H]5O[C@@H]5C[C@H](OC)[C@@H](OC)[C@H](C)O5)O4)O3)C[C@H](O)[C@H]2C)O[C@](O)(CC(=O)O)[C@H]1C. The van der Waals surface area contributed by atoms with Crippen LogP contribution in [-0.4, -0.2) is 169 Å². The van der Waals surface area contributed by atoms with E-state index in [-0.39, 0.29) is 60.8 Å². The Morgan fingerprint density at radius 2 is 1.45 bits per heavy atom. The summed E-state index contributed by atoms with van der Waals surface area (Å²) >= 11 is 0. The molecule has 1 spiro atoms. The molecule has 17 heteroatoms. The van der Waals surface area contributed by atoms with E-state index in [1.807, 2.05) is 34.6 Å². The third kappa shape index (κ3) is 9.46. The number of methoxy groups -OCH3 is 4. The molecule has 0 radical (unpaired) electrons. The van der Waals surface area contributed by atoms with Crippen LogP contribution >= 0.6 is 0 Å². The van der Waals surface area contributed by atoms with Gasteiger partial charge in [-0.05, 0) is 59.3 Å². The van der Waals surface area contributed by atoms with Crippen molar-refractivity contribution in [2.24, 2.45) is 29.6 Å². The Bertz CT molecular complexity index is 1600. The molecule has 24 atom stereocenters. The number of hydrogen-bond donors (Lipinski definition) is 4. The van der Waals surface area contributed by atoms with Gasteiger partial charge in [0, 0.05) is 77.8 Å². The number of carbonyl (C=O) groups is 1. The molecule has 7 fully saturated rings. The summed E-state index contributed by atoms with van der Waals surface area (Å²) in [5, 5.41) is 44.3. The van der Waals surface area contributed by atoms with Gasteiger partial charge in [0.25, 0.3) is 0 Å². The molecule has 4 N–H and O–H groups in total. The maximum atomic E-state index is 11.9. The van der Waals surface area contributed by atoms with Gasteiger partial charge in [-0.3, -0.25) is 4.79 Å². The lowest BCUT2D eigenvalue weighted by Crippen LogP contribution is -2.65. The predicted octanol–water partition coefficient (Wildman–Crippen LogP) is 4.32. The predicted molar refractivity (Wildman–Crippen MR) is 228 cm³/mol. The van der Waals surface area contributed by atoms with Crippen LogP contribution in [0.1, 0.15) is 120 Å². The highest BCUT2D eigenvalue weighted by Gasteiger charge is 2.64. The van der Waals surface area contributed by atoms with Crippen molar-refractivity contribution in [3.05, 3.63) is 0 Å². The molecule has 0 aromatic rings. The highest BCUT2D eigenvalue weighted by molar-refractivity contribution is 5.68. The number of aliphatic hydroxyl groups excluding tert-OH is 1. The van der Waals surface area contributed by atoms with Crippen molar-refractivity contribution in [3.8, 4) is 0 Å². The second-order valence-corrected chi connectivity index (χ2v) is 21.3. The minimum absolute atomic E-state index is 0.0406. The topological polar surface area (TPSA) is 209 Å². The van der Waals surface area contributed by atoms with Crippen molar-refractivity contribution >= 4 is 5.97 Å². The minimum Gasteiger partial charge on any atom is -0.481 e. The van der Waals surface area contributed by atoms with Crippen molar-refractivity contribution in [1.29, 1.82) is 0 Å². The Hall–Kier alpha value is -1.13. The number of aliphatic hydroxyl groups is 3. The molecule has 7 aliphatic heterocycles. The van der Waals surface area contributed by atoms with Crippen LogP contribution < -0.4 is 0 Å². The van der Waals surface area contributed by atoms with Crippen molar-refractivity contribution in [3.63, 3.8) is 0 Å². The van der Waals surface area contributed by atoms with Gasteiger partial charge in [0.1, 0.15) is 18.3 Å². The fraction of sp³-hybridized carbons (Fsp3) is 0.979. The smallest absolute Gasteiger partial charge is 0.308 e. The molecule has 64 heavy (non-hydrogen) atoms. The van der Waals surface area contributed by atoms with Gasteiger partial charge in [0.05, 0.1) is 78.7 Å². The third-order valence-electron chi connectivity index (χ3n) is 16.8. The van der Waals surface area contributed by atoms with E-state index >= 15 is 0 Å². The molecule has 7 saturated heterocycles. The average Bonchev–Trinajstić information content (AvgIpc) is 3.94. The number of aliphatic carboxylic acids is 1. The molecule has 0 bridgehead atoms. The van der Waals surface area contributed by atoms with Crippen LogP contribution in [-0.2, 0) is 61.6 Å². The van der Waals surface area contributed by atoms with E-state index < -0.39 is 102 Å². The zero-order chi connectivity index (χ0) is 46.9. The van der Waals surface area contributed by atoms with Crippen LogP contribution in [0.2, 0.25) is 0 Å². The summed E-state index contributed by atoms with van der Waals surface area (Å²) in [6.45, 7) is 17.5. The van der Waals surface area contributed by atoms with Crippen molar-refractivity contribution in [1.82, 2.24) is 0 Å². The van der Waals surface area contributed by atoms with Crippen molar-refractivity contribution in [2.45, 2.75) is 234 Å². The summed E-state index contributed by atoms with van der Waals surface area (Å²) in [5.74, 6) is -7.18. The monoisotopic (exact) mass is 917 g/mol. The normalized spacial score (nSPS) is 54.1. The van der Waals surface area contributed by atoms with Crippen LogP contribution in [0.4, 0.5) is 0 Å². The first kappa shape index (κ1) is 50.7. The molecule has 370 valence electrons. The molecule has 0 saturated carbocycles. The van der Waals surface area contributed by atoms with Crippen LogP contribution in [0.3, 0.4) is 0 Å². The lowest BCUT2D eigenvalue weighted by Gasteiger charge is -2.53. The van der Waals surface area contributed by atoms with E-state index in [1.165, 1.54) is 14.2 Å². The van der Waals surface area contributed by atoms with Gasteiger partial charge < -0.3 is 77.3 Å². The van der Waals surface area contributed by atoms with Crippen LogP contribution in [0.15, 0.2) is 0 Å². The van der Waals surface area contributed by atoms with Crippen molar-refractivity contribution < 1.29 is 82.1 Å². The molecule has 0 amide bonds. The van der Waals surface area contributed by atoms with Gasteiger partial charge in [0.15, 0.2) is 23.7 Å². The fourth-order valence-corrected chi connectivity index (χ4v) is 12.7. The van der Waals surface area contributed by atoms with E-state index in [1.54, 1.807) is 28.1 Å². The zero-order valence-electron chi connectivity index (χ0n) is 40.4. The summed E-state index contributed by atoms with van der Waals surface area (Å²) in [6.07, 6.45) is -3.18. The number of hydrogen-bond acceptors (Lipinski definition) is 16. The van der Waals surface area contributed by atoms with Crippen LogP contribution in [0.25, 0.3) is 0 Å². The minimum atomic E-state index is -2.03. The molecular formula is C47H80O17. The van der Waals surface area contributed by atoms with Crippen LogP contribution in [0, 0.1) is 29.6 Å². The molecule has 7 rings (SSSR count). The van der Waals surface area contributed by atoms with Gasteiger partial charge in [-0.15, -0.1) is 0 Å². The highest BCUT2D eigenvalue weighted by Crippen LogP contribution is 2.55. The zero-order valence-corrected chi connectivity index (χ0v) is 40.4. The first-order valence-corrected chi connectivity index (χ1v) is 23.8. The number of carboxylic acids is 1. The quantitative estimate of drug-likeness (QED) is 0.203. The molecule has 7 heterocycles. The second kappa shape index (κ2) is 19.0. The summed E-state index contributed by atoms with van der Waals surface area (Å²) in [4.78, 5) is 11.9. The van der Waals surface area contributed by atoms with E-state index in [0.717, 1.165) is 6.42 Å². The molecule has 17 nitrogen and oxygen atoms in total. The van der Waals surface area contributed by atoms with E-state index in [2.05, 4.69) is 13.8 Å². The Morgan fingerprint density at radius 3 is 2.09 bits per heavy atom. The lowest BCUT2D eigenvalue weighted by molar-refractivity contribution is -0.365. The Morgan fingerprint density at radius 1 is 0.766 bits per heavy atom. The van der Waals surface area contributed by atoms with Crippen LogP contribution in [0.5, 0.6) is 0 Å². The number of carboxylic acid groups (broad SMARTS) is 1.